The number of aromatic nitrogens is 3. The lowest BCUT2D eigenvalue weighted by Gasteiger charge is -2.20. The molecular formula is C35H35F2N5O5S. The second kappa shape index (κ2) is 14.7. The molecule has 3 N–H and O–H groups in total. The molecule has 3 aromatic heterocycles. The number of nitrogens with zero attached hydrogens (tertiary/aromatic N) is 4. The van der Waals surface area contributed by atoms with E-state index in [2.05, 4.69) is 15.3 Å². The first-order valence-electron chi connectivity index (χ1n) is 14.8. The first-order chi connectivity index (χ1) is 22.5. The highest BCUT2D eigenvalue weighted by Gasteiger charge is 2.25. The Morgan fingerprint density at radius 2 is 1.65 bits per heavy atom. The molecule has 3 aromatic carbocycles. The van der Waals surface area contributed by atoms with Crippen molar-refractivity contribution in [2.24, 2.45) is 0 Å². The highest BCUT2D eigenvalue weighted by atomic mass is 32.2. The van der Waals surface area contributed by atoms with Gasteiger partial charge in [-0.1, -0.05) is 19.9 Å². The number of hydrogen-bond acceptors (Lipinski definition) is 6. The number of pyridine rings is 1. The SMILES string of the molecule is CC.CNC(=O)c1c(-c2ccc(F)cc2)oc2cc(N(C)S(C)=O)c(-c3ccc4nc(C)n(Cc5ccc(F)cn5)c(=O)c4c3)cc12.O. The van der Waals surface area contributed by atoms with Gasteiger partial charge in [0.2, 0.25) is 0 Å². The van der Waals surface area contributed by atoms with Crippen LogP contribution in [0.15, 0.2) is 82.1 Å². The topological polar surface area (TPSA) is 142 Å². The predicted molar refractivity (Wildman–Crippen MR) is 185 cm³/mol. The number of benzene rings is 3. The molecule has 0 aliphatic heterocycles. The van der Waals surface area contributed by atoms with Crippen molar-refractivity contribution in [1.82, 2.24) is 19.9 Å². The summed E-state index contributed by atoms with van der Waals surface area (Å²) in [5.74, 6) is -0.590. The highest BCUT2D eigenvalue weighted by Crippen LogP contribution is 2.41. The summed E-state index contributed by atoms with van der Waals surface area (Å²) >= 11 is 0. The Kier molecular flexibility index (Phi) is 10.9. The van der Waals surface area contributed by atoms with Crippen molar-refractivity contribution in [3.05, 3.63) is 112 Å². The smallest absolute Gasteiger partial charge is 0.261 e. The van der Waals surface area contributed by atoms with Crippen LogP contribution in [-0.2, 0) is 17.5 Å². The summed E-state index contributed by atoms with van der Waals surface area (Å²) in [5.41, 5.74) is 3.50. The average Bonchev–Trinajstić information content (AvgIpc) is 3.45. The van der Waals surface area contributed by atoms with Gasteiger partial charge in [0.15, 0.2) is 0 Å². The highest BCUT2D eigenvalue weighted by molar-refractivity contribution is 7.85. The number of carbonyl (C=O) groups is 1. The fourth-order valence-corrected chi connectivity index (χ4v) is 5.69. The predicted octanol–water partition coefficient (Wildman–Crippen LogP) is 5.80. The van der Waals surface area contributed by atoms with Crippen LogP contribution in [0.4, 0.5) is 14.5 Å². The van der Waals surface area contributed by atoms with Gasteiger partial charge in [0, 0.05) is 42.9 Å². The number of carbonyl (C=O) groups excluding carboxylic acids is 1. The fraction of sp³-hybridized carbons (Fsp3) is 0.200. The summed E-state index contributed by atoms with van der Waals surface area (Å²) in [5, 5.41) is 3.46. The minimum Gasteiger partial charge on any atom is -0.455 e. The van der Waals surface area contributed by atoms with Crippen LogP contribution in [0.25, 0.3) is 44.3 Å². The molecule has 10 nitrogen and oxygen atoms in total. The molecule has 3 heterocycles. The number of nitrogens with one attached hydrogen (secondary N) is 1. The molecule has 48 heavy (non-hydrogen) atoms. The van der Waals surface area contributed by atoms with Crippen LogP contribution >= 0.6 is 0 Å². The molecule has 0 bridgehead atoms. The molecule has 1 amide bonds. The number of halogens is 2. The normalized spacial score (nSPS) is 11.4. The lowest BCUT2D eigenvalue weighted by atomic mass is 9.97. The number of amides is 1. The molecule has 250 valence electrons. The number of furan rings is 1. The van der Waals surface area contributed by atoms with E-state index in [0.29, 0.717) is 55.8 Å². The minimum absolute atomic E-state index is 0. The zero-order chi connectivity index (χ0) is 34.0. The van der Waals surface area contributed by atoms with E-state index in [4.69, 9.17) is 4.42 Å². The average molecular weight is 676 g/mol. The van der Waals surface area contributed by atoms with Gasteiger partial charge in [0.1, 0.15) is 39.8 Å². The monoisotopic (exact) mass is 675 g/mol. The zero-order valence-electron chi connectivity index (χ0n) is 27.2. The second-order valence-electron chi connectivity index (χ2n) is 10.4. The Bertz CT molecular complexity index is 2200. The van der Waals surface area contributed by atoms with Crippen molar-refractivity contribution >= 4 is 44.5 Å². The summed E-state index contributed by atoms with van der Waals surface area (Å²) in [7, 11) is 1.73. The van der Waals surface area contributed by atoms with Crippen LogP contribution < -0.4 is 15.2 Å². The van der Waals surface area contributed by atoms with Gasteiger partial charge in [-0.2, -0.15) is 0 Å². The van der Waals surface area contributed by atoms with E-state index in [1.165, 1.54) is 54.3 Å². The van der Waals surface area contributed by atoms with Crippen LogP contribution in [0.5, 0.6) is 0 Å². The number of anilines is 1. The van der Waals surface area contributed by atoms with E-state index in [1.807, 2.05) is 13.8 Å². The third kappa shape index (κ3) is 6.73. The fourth-order valence-electron chi connectivity index (χ4n) is 5.26. The Balaban J connectivity index is 0.00000170. The van der Waals surface area contributed by atoms with Crippen molar-refractivity contribution in [3.8, 4) is 22.5 Å². The quantitative estimate of drug-likeness (QED) is 0.227. The van der Waals surface area contributed by atoms with Crippen molar-refractivity contribution in [3.63, 3.8) is 0 Å². The van der Waals surface area contributed by atoms with Crippen LogP contribution in [0.2, 0.25) is 0 Å². The van der Waals surface area contributed by atoms with Crippen LogP contribution in [0.1, 0.15) is 35.7 Å². The van der Waals surface area contributed by atoms with E-state index in [1.54, 1.807) is 48.6 Å². The first kappa shape index (κ1) is 35.6. The zero-order valence-corrected chi connectivity index (χ0v) is 28.0. The van der Waals surface area contributed by atoms with Gasteiger partial charge < -0.3 is 15.2 Å². The molecule has 0 aliphatic rings. The van der Waals surface area contributed by atoms with E-state index >= 15 is 0 Å². The molecule has 1 unspecified atom stereocenters. The largest absolute Gasteiger partial charge is 0.455 e. The Morgan fingerprint density at radius 3 is 2.27 bits per heavy atom. The van der Waals surface area contributed by atoms with Gasteiger partial charge in [-0.15, -0.1) is 0 Å². The van der Waals surface area contributed by atoms with Gasteiger partial charge in [-0.05, 0) is 67.1 Å². The van der Waals surface area contributed by atoms with Crippen LogP contribution in [0.3, 0.4) is 0 Å². The van der Waals surface area contributed by atoms with Gasteiger partial charge in [0.25, 0.3) is 11.5 Å². The Labute approximate surface area is 278 Å². The molecular weight excluding hydrogens is 640 g/mol. The summed E-state index contributed by atoms with van der Waals surface area (Å²) in [4.78, 5) is 35.7. The van der Waals surface area contributed by atoms with E-state index in [-0.39, 0.29) is 28.9 Å². The molecule has 6 rings (SSSR count). The van der Waals surface area contributed by atoms with Gasteiger partial charge >= 0.3 is 0 Å². The van der Waals surface area contributed by atoms with E-state index < -0.39 is 28.5 Å². The Hall–Kier alpha value is -5.27. The summed E-state index contributed by atoms with van der Waals surface area (Å²) in [6, 6.07) is 17.1. The molecule has 0 fully saturated rings. The lowest BCUT2D eigenvalue weighted by Crippen LogP contribution is -2.25. The number of fused-ring (bicyclic) bond motifs is 2. The molecule has 0 radical (unpaired) electrons. The molecule has 0 saturated heterocycles. The van der Waals surface area contributed by atoms with Crippen LogP contribution in [0, 0.1) is 18.6 Å². The van der Waals surface area contributed by atoms with Gasteiger partial charge in [0.05, 0.1) is 40.6 Å². The minimum atomic E-state index is -1.44. The second-order valence-corrected chi connectivity index (χ2v) is 11.8. The molecule has 6 aromatic rings. The van der Waals surface area contributed by atoms with Crippen molar-refractivity contribution in [2.45, 2.75) is 27.3 Å². The molecule has 0 aliphatic carbocycles. The van der Waals surface area contributed by atoms with Gasteiger partial charge in [-0.25, -0.2) is 18.0 Å². The van der Waals surface area contributed by atoms with Crippen molar-refractivity contribution in [2.75, 3.05) is 24.7 Å². The van der Waals surface area contributed by atoms with Crippen molar-refractivity contribution < 1.29 is 27.7 Å². The first-order valence-corrected chi connectivity index (χ1v) is 16.3. The maximum Gasteiger partial charge on any atom is 0.261 e. The third-order valence-electron chi connectivity index (χ3n) is 7.66. The summed E-state index contributed by atoms with van der Waals surface area (Å²) < 4.78 is 49.1. The maximum atomic E-state index is 13.8. The number of aryl methyl sites for hydroxylation is 1. The van der Waals surface area contributed by atoms with Gasteiger partial charge in [-0.3, -0.25) is 23.4 Å². The summed E-state index contributed by atoms with van der Waals surface area (Å²) in [6.07, 6.45) is 2.63. The standard InChI is InChI=1S/C33H27F2N5O4S.C2H6.H2O/c1-18-38-27-12-7-20(13-25(27)33(42)40(18)17-23-11-10-22(35)16-37-23)24-14-26-29(15-28(24)39(3)45(4)43)44-31(30(26)32(41)36-2)19-5-8-21(34)9-6-19;1-2;/h5-16H,17H2,1-4H3,(H,36,41);1-2H3;1H2. The summed E-state index contributed by atoms with van der Waals surface area (Å²) in [6.45, 7) is 5.82. The molecule has 0 saturated carbocycles. The molecule has 13 heteroatoms. The number of rotatable bonds is 7. The van der Waals surface area contributed by atoms with Crippen molar-refractivity contribution in [1.29, 1.82) is 0 Å². The molecule has 1 atom stereocenters. The van der Waals surface area contributed by atoms with Crippen LogP contribution in [-0.4, -0.2) is 50.5 Å². The van der Waals surface area contributed by atoms with E-state index in [0.717, 1.165) is 6.20 Å². The maximum absolute atomic E-state index is 13.8. The number of hydrogen-bond donors (Lipinski definition) is 1. The lowest BCUT2D eigenvalue weighted by molar-refractivity contribution is 0.0964. The van der Waals surface area contributed by atoms with E-state index in [9.17, 15) is 22.6 Å². The molecule has 0 spiro atoms. The Morgan fingerprint density at radius 1 is 0.979 bits per heavy atom. The third-order valence-corrected chi connectivity index (χ3v) is 8.62.